The molecule has 13 heavy (non-hydrogen) atoms. The monoisotopic (exact) mass is 183 g/mol. The van der Waals surface area contributed by atoms with E-state index in [4.69, 9.17) is 4.42 Å². The van der Waals surface area contributed by atoms with E-state index in [-0.39, 0.29) is 12.0 Å². The number of furan rings is 1. The van der Waals surface area contributed by atoms with Gasteiger partial charge in [-0.15, -0.1) is 0 Å². The minimum absolute atomic E-state index is 0.272. The average molecular weight is 183 g/mol. The summed E-state index contributed by atoms with van der Waals surface area (Å²) in [5.74, 6) is 0.530. The fourth-order valence-corrected chi connectivity index (χ4v) is 0.927. The van der Waals surface area contributed by atoms with Crippen LogP contribution in [-0.2, 0) is 16.1 Å². The van der Waals surface area contributed by atoms with E-state index in [2.05, 4.69) is 10.1 Å². The highest BCUT2D eigenvalue weighted by Gasteiger charge is 2.11. The number of hydrogen-bond donors (Lipinski definition) is 1. The third-order valence-electron chi connectivity index (χ3n) is 1.72. The average Bonchev–Trinajstić information content (AvgIpc) is 2.65. The van der Waals surface area contributed by atoms with E-state index in [1.807, 2.05) is 6.07 Å². The maximum atomic E-state index is 11.0. The molecule has 0 fully saturated rings. The van der Waals surface area contributed by atoms with Crippen molar-refractivity contribution in [3.05, 3.63) is 24.2 Å². The highest BCUT2D eigenvalue weighted by Crippen LogP contribution is 1.99. The van der Waals surface area contributed by atoms with Crippen molar-refractivity contribution in [3.8, 4) is 0 Å². The quantitative estimate of drug-likeness (QED) is 0.705. The van der Waals surface area contributed by atoms with Crippen LogP contribution in [0.5, 0.6) is 0 Å². The Morgan fingerprint density at radius 1 is 1.77 bits per heavy atom. The van der Waals surface area contributed by atoms with Crippen LogP contribution in [0.4, 0.5) is 0 Å². The van der Waals surface area contributed by atoms with E-state index >= 15 is 0 Å². The molecule has 1 heterocycles. The molecule has 0 bridgehead atoms. The molecule has 0 aliphatic rings. The minimum Gasteiger partial charge on any atom is -0.468 e. The van der Waals surface area contributed by atoms with Crippen LogP contribution in [0, 0.1) is 0 Å². The van der Waals surface area contributed by atoms with Crippen molar-refractivity contribution in [2.75, 3.05) is 7.11 Å². The molecule has 1 aromatic rings. The maximum Gasteiger partial charge on any atom is 0.322 e. The molecule has 72 valence electrons. The maximum absolute atomic E-state index is 11.0. The van der Waals surface area contributed by atoms with E-state index in [1.165, 1.54) is 7.11 Å². The molecule has 1 aromatic heterocycles. The first kappa shape index (κ1) is 9.80. The second-order valence-electron chi connectivity index (χ2n) is 2.71. The smallest absolute Gasteiger partial charge is 0.322 e. The topological polar surface area (TPSA) is 51.5 Å². The third kappa shape index (κ3) is 2.91. The van der Waals surface area contributed by atoms with E-state index in [1.54, 1.807) is 19.3 Å². The van der Waals surface area contributed by atoms with Crippen LogP contribution in [-0.4, -0.2) is 19.1 Å². The zero-order valence-corrected chi connectivity index (χ0v) is 7.74. The number of esters is 1. The van der Waals surface area contributed by atoms with Gasteiger partial charge in [0.25, 0.3) is 0 Å². The van der Waals surface area contributed by atoms with Gasteiger partial charge in [0.15, 0.2) is 0 Å². The SMILES string of the molecule is COC(=O)[C@@H](C)NCc1ccco1. The van der Waals surface area contributed by atoms with E-state index in [0.717, 1.165) is 5.76 Å². The summed E-state index contributed by atoms with van der Waals surface area (Å²) < 4.78 is 9.63. The van der Waals surface area contributed by atoms with Gasteiger partial charge in [-0.2, -0.15) is 0 Å². The molecule has 0 amide bonds. The molecular weight excluding hydrogens is 170 g/mol. The van der Waals surface area contributed by atoms with Gasteiger partial charge in [-0.3, -0.25) is 10.1 Å². The summed E-state index contributed by atoms with van der Waals surface area (Å²) in [6, 6.07) is 3.34. The molecule has 1 N–H and O–H groups in total. The van der Waals surface area contributed by atoms with Gasteiger partial charge in [-0.05, 0) is 19.1 Å². The molecule has 4 heteroatoms. The predicted octanol–water partition coefficient (Wildman–Crippen LogP) is 0.931. The van der Waals surface area contributed by atoms with Gasteiger partial charge in [0.05, 0.1) is 19.9 Å². The molecule has 0 aliphatic carbocycles. The van der Waals surface area contributed by atoms with Crippen molar-refractivity contribution in [1.82, 2.24) is 5.32 Å². The Balaban J connectivity index is 2.30. The number of hydrogen-bond acceptors (Lipinski definition) is 4. The molecule has 0 unspecified atom stereocenters. The van der Waals surface area contributed by atoms with Crippen LogP contribution in [0.1, 0.15) is 12.7 Å². The van der Waals surface area contributed by atoms with Crippen molar-refractivity contribution < 1.29 is 13.9 Å². The number of ether oxygens (including phenoxy) is 1. The fraction of sp³-hybridized carbons (Fsp3) is 0.444. The second-order valence-corrected chi connectivity index (χ2v) is 2.71. The summed E-state index contributed by atoms with van der Waals surface area (Å²) in [5, 5.41) is 2.97. The van der Waals surface area contributed by atoms with E-state index in [0.29, 0.717) is 6.54 Å². The second kappa shape index (κ2) is 4.67. The van der Waals surface area contributed by atoms with E-state index in [9.17, 15) is 4.79 Å². The first-order valence-corrected chi connectivity index (χ1v) is 4.07. The summed E-state index contributed by atoms with van der Waals surface area (Å²) >= 11 is 0. The summed E-state index contributed by atoms with van der Waals surface area (Å²) in [6.07, 6.45) is 1.60. The highest BCUT2D eigenvalue weighted by molar-refractivity contribution is 5.74. The van der Waals surface area contributed by atoms with Gasteiger partial charge in [-0.25, -0.2) is 0 Å². The van der Waals surface area contributed by atoms with Crippen LogP contribution in [0.25, 0.3) is 0 Å². The lowest BCUT2D eigenvalue weighted by molar-refractivity contribution is -0.142. The van der Waals surface area contributed by atoms with Gasteiger partial charge < -0.3 is 9.15 Å². The van der Waals surface area contributed by atoms with Crippen LogP contribution >= 0.6 is 0 Å². The molecule has 0 radical (unpaired) electrons. The van der Waals surface area contributed by atoms with Gasteiger partial charge in [0, 0.05) is 0 Å². The number of nitrogens with one attached hydrogen (secondary N) is 1. The number of carbonyl (C=O) groups is 1. The Morgan fingerprint density at radius 2 is 2.54 bits per heavy atom. The zero-order valence-electron chi connectivity index (χ0n) is 7.74. The van der Waals surface area contributed by atoms with Gasteiger partial charge in [-0.1, -0.05) is 0 Å². The number of rotatable bonds is 4. The van der Waals surface area contributed by atoms with E-state index < -0.39 is 0 Å². The highest BCUT2D eigenvalue weighted by atomic mass is 16.5. The van der Waals surface area contributed by atoms with Crippen LogP contribution in [0.15, 0.2) is 22.8 Å². The largest absolute Gasteiger partial charge is 0.468 e. The van der Waals surface area contributed by atoms with Crippen molar-refractivity contribution >= 4 is 5.97 Å². The first-order valence-electron chi connectivity index (χ1n) is 4.07. The Labute approximate surface area is 76.9 Å². The van der Waals surface area contributed by atoms with Crippen molar-refractivity contribution in [3.63, 3.8) is 0 Å². The van der Waals surface area contributed by atoms with Gasteiger partial charge >= 0.3 is 5.97 Å². The Morgan fingerprint density at radius 3 is 3.08 bits per heavy atom. The summed E-state index contributed by atoms with van der Waals surface area (Å²) in [7, 11) is 1.37. The molecule has 1 rings (SSSR count). The standard InChI is InChI=1S/C9H13NO3/c1-7(9(11)12-2)10-6-8-4-3-5-13-8/h3-5,7,10H,6H2,1-2H3/t7-/m1/s1. The zero-order chi connectivity index (χ0) is 9.68. The Bertz CT molecular complexity index is 256. The van der Waals surface area contributed by atoms with Crippen molar-refractivity contribution in [1.29, 1.82) is 0 Å². The van der Waals surface area contributed by atoms with Crippen LogP contribution < -0.4 is 5.32 Å². The molecule has 1 atom stereocenters. The molecule has 0 spiro atoms. The van der Waals surface area contributed by atoms with Crippen LogP contribution in [0.2, 0.25) is 0 Å². The van der Waals surface area contributed by atoms with Gasteiger partial charge in [0.1, 0.15) is 11.8 Å². The molecular formula is C9H13NO3. The lowest BCUT2D eigenvalue weighted by atomic mass is 10.3. The normalized spacial score (nSPS) is 12.5. The first-order chi connectivity index (χ1) is 6.24. The molecule has 0 aromatic carbocycles. The number of methoxy groups -OCH3 is 1. The van der Waals surface area contributed by atoms with Crippen LogP contribution in [0.3, 0.4) is 0 Å². The molecule has 0 aliphatic heterocycles. The predicted molar refractivity (Wildman–Crippen MR) is 47.0 cm³/mol. The molecule has 4 nitrogen and oxygen atoms in total. The lowest BCUT2D eigenvalue weighted by Gasteiger charge is -2.09. The summed E-state index contributed by atoms with van der Waals surface area (Å²) in [4.78, 5) is 11.0. The van der Waals surface area contributed by atoms with Crippen molar-refractivity contribution in [2.45, 2.75) is 19.5 Å². The Hall–Kier alpha value is -1.29. The number of carbonyl (C=O) groups excluding carboxylic acids is 1. The fourth-order valence-electron chi connectivity index (χ4n) is 0.927. The van der Waals surface area contributed by atoms with Crippen molar-refractivity contribution in [2.24, 2.45) is 0 Å². The summed E-state index contributed by atoms with van der Waals surface area (Å²) in [5.41, 5.74) is 0. The molecule has 0 saturated carbocycles. The summed E-state index contributed by atoms with van der Waals surface area (Å²) in [6.45, 7) is 2.28. The Kier molecular flexibility index (Phi) is 3.52. The lowest BCUT2D eigenvalue weighted by Crippen LogP contribution is -2.34. The van der Waals surface area contributed by atoms with Gasteiger partial charge in [0.2, 0.25) is 0 Å². The minimum atomic E-state index is -0.310. The third-order valence-corrected chi connectivity index (χ3v) is 1.72. The molecule has 0 saturated heterocycles.